The van der Waals surface area contributed by atoms with Gasteiger partial charge in [-0.3, -0.25) is 4.68 Å². The summed E-state index contributed by atoms with van der Waals surface area (Å²) in [6.45, 7) is 3.17. The van der Waals surface area contributed by atoms with Crippen LogP contribution < -0.4 is 0 Å². The van der Waals surface area contributed by atoms with E-state index in [0.717, 1.165) is 24.6 Å². The van der Waals surface area contributed by atoms with Gasteiger partial charge in [-0.05, 0) is 25.8 Å². The van der Waals surface area contributed by atoms with Gasteiger partial charge in [-0.15, -0.1) is 10.2 Å². The highest BCUT2D eigenvalue weighted by Crippen LogP contribution is 2.20. The van der Waals surface area contributed by atoms with Crippen molar-refractivity contribution >= 4 is 0 Å². The summed E-state index contributed by atoms with van der Waals surface area (Å²) in [5.41, 5.74) is 0. The molecule has 2 aromatic rings. The summed E-state index contributed by atoms with van der Waals surface area (Å²) in [5.74, 6) is 2.17. The molecule has 0 N–H and O–H groups in total. The third-order valence-corrected chi connectivity index (χ3v) is 3.43. The van der Waals surface area contributed by atoms with Gasteiger partial charge >= 0.3 is 0 Å². The number of hydrogen-bond donors (Lipinski definition) is 0. The molecular formula is C12H17N5. The van der Waals surface area contributed by atoms with E-state index in [1.54, 1.807) is 6.20 Å². The zero-order chi connectivity index (χ0) is 11.7. The first kappa shape index (κ1) is 10.5. The Labute approximate surface area is 100 Å². The van der Waals surface area contributed by atoms with Crippen LogP contribution in [0.1, 0.15) is 43.9 Å². The molecule has 3 rings (SSSR count). The topological polar surface area (TPSA) is 48.5 Å². The van der Waals surface area contributed by atoms with Crippen molar-refractivity contribution in [1.82, 2.24) is 24.5 Å². The van der Waals surface area contributed by atoms with Gasteiger partial charge in [0, 0.05) is 25.4 Å². The van der Waals surface area contributed by atoms with Crippen molar-refractivity contribution < 1.29 is 0 Å². The van der Waals surface area contributed by atoms with E-state index >= 15 is 0 Å². The predicted molar refractivity (Wildman–Crippen MR) is 63.6 cm³/mol. The molecule has 2 aromatic heterocycles. The molecule has 0 spiro atoms. The van der Waals surface area contributed by atoms with E-state index in [1.807, 2.05) is 16.9 Å². The first-order valence-electron chi connectivity index (χ1n) is 6.27. The molecule has 0 fully saturated rings. The standard InChI is InChI=1S/C12H17N5/c1-10(17-9-5-7-13-17)12-15-14-11-6-3-2-4-8-16(11)12/h5,7,9-10H,2-4,6,8H2,1H3. The Morgan fingerprint density at radius 3 is 3.00 bits per heavy atom. The Balaban J connectivity index is 1.95. The number of fused-ring (bicyclic) bond motifs is 1. The normalized spacial score (nSPS) is 17.5. The second-order valence-electron chi connectivity index (χ2n) is 4.60. The van der Waals surface area contributed by atoms with Gasteiger partial charge in [-0.1, -0.05) is 6.42 Å². The molecular weight excluding hydrogens is 214 g/mol. The molecule has 0 amide bonds. The van der Waals surface area contributed by atoms with Gasteiger partial charge in [0.15, 0.2) is 5.82 Å². The molecule has 5 heteroatoms. The van der Waals surface area contributed by atoms with Crippen LogP contribution in [0.5, 0.6) is 0 Å². The number of hydrogen-bond acceptors (Lipinski definition) is 3. The third kappa shape index (κ3) is 1.85. The lowest BCUT2D eigenvalue weighted by molar-refractivity contribution is 0.494. The number of aryl methyl sites for hydroxylation is 1. The Bertz CT molecular complexity index is 485. The van der Waals surface area contributed by atoms with Crippen molar-refractivity contribution in [1.29, 1.82) is 0 Å². The highest BCUT2D eigenvalue weighted by atomic mass is 15.3. The molecule has 0 radical (unpaired) electrons. The Kier molecular flexibility index (Phi) is 2.66. The van der Waals surface area contributed by atoms with Crippen molar-refractivity contribution in [3.63, 3.8) is 0 Å². The molecule has 0 aliphatic carbocycles. The highest BCUT2D eigenvalue weighted by molar-refractivity contribution is 5.03. The number of rotatable bonds is 2. The molecule has 1 atom stereocenters. The molecule has 5 nitrogen and oxygen atoms in total. The van der Waals surface area contributed by atoms with Gasteiger partial charge in [0.05, 0.1) is 0 Å². The minimum Gasteiger partial charge on any atom is -0.313 e. The largest absolute Gasteiger partial charge is 0.313 e. The van der Waals surface area contributed by atoms with Crippen molar-refractivity contribution in [2.24, 2.45) is 0 Å². The summed E-state index contributed by atoms with van der Waals surface area (Å²) in [4.78, 5) is 0. The van der Waals surface area contributed by atoms with Crippen LogP contribution in [-0.4, -0.2) is 24.5 Å². The summed E-state index contributed by atoms with van der Waals surface area (Å²) in [6.07, 6.45) is 8.58. The van der Waals surface area contributed by atoms with Crippen LogP contribution in [0.3, 0.4) is 0 Å². The second kappa shape index (κ2) is 4.31. The highest BCUT2D eigenvalue weighted by Gasteiger charge is 2.20. The second-order valence-corrected chi connectivity index (χ2v) is 4.60. The lowest BCUT2D eigenvalue weighted by atomic mass is 10.2. The molecule has 0 saturated carbocycles. The maximum atomic E-state index is 4.35. The average molecular weight is 231 g/mol. The quantitative estimate of drug-likeness (QED) is 0.792. The average Bonchev–Trinajstić information content (AvgIpc) is 2.94. The predicted octanol–water partition coefficient (Wildman–Crippen LogP) is 1.81. The summed E-state index contributed by atoms with van der Waals surface area (Å²) < 4.78 is 4.21. The maximum absolute atomic E-state index is 4.35. The van der Waals surface area contributed by atoms with Gasteiger partial charge in [0.25, 0.3) is 0 Å². The minimum atomic E-state index is 0.157. The fourth-order valence-electron chi connectivity index (χ4n) is 2.44. The Hall–Kier alpha value is -1.65. The maximum Gasteiger partial charge on any atom is 0.157 e. The summed E-state index contributed by atoms with van der Waals surface area (Å²) in [7, 11) is 0. The van der Waals surface area contributed by atoms with Gasteiger partial charge in [0.1, 0.15) is 11.9 Å². The summed E-state index contributed by atoms with van der Waals surface area (Å²) in [6, 6.07) is 2.10. The SMILES string of the molecule is CC(c1nnc2n1CCCCC2)n1cccn1. The molecule has 1 unspecified atom stereocenters. The lowest BCUT2D eigenvalue weighted by Gasteiger charge is -2.13. The molecule has 1 aliphatic rings. The summed E-state index contributed by atoms with van der Waals surface area (Å²) in [5, 5.41) is 12.9. The zero-order valence-corrected chi connectivity index (χ0v) is 10.1. The molecule has 0 saturated heterocycles. The van der Waals surface area contributed by atoms with Crippen LogP contribution in [0.25, 0.3) is 0 Å². The number of aromatic nitrogens is 5. The van der Waals surface area contributed by atoms with Crippen LogP contribution in [0.2, 0.25) is 0 Å². The van der Waals surface area contributed by atoms with E-state index in [4.69, 9.17) is 0 Å². The van der Waals surface area contributed by atoms with Crippen LogP contribution in [0.15, 0.2) is 18.5 Å². The number of nitrogens with zero attached hydrogens (tertiary/aromatic N) is 5. The summed E-state index contributed by atoms with van der Waals surface area (Å²) >= 11 is 0. The fraction of sp³-hybridized carbons (Fsp3) is 0.583. The molecule has 3 heterocycles. The van der Waals surface area contributed by atoms with Gasteiger partial charge in [0.2, 0.25) is 0 Å². The van der Waals surface area contributed by atoms with E-state index in [1.165, 1.54) is 19.3 Å². The van der Waals surface area contributed by atoms with E-state index in [-0.39, 0.29) is 6.04 Å². The first-order chi connectivity index (χ1) is 8.36. The van der Waals surface area contributed by atoms with Crippen LogP contribution in [-0.2, 0) is 13.0 Å². The van der Waals surface area contributed by atoms with Crippen LogP contribution >= 0.6 is 0 Å². The lowest BCUT2D eigenvalue weighted by Crippen LogP contribution is -2.15. The van der Waals surface area contributed by atoms with E-state index in [0.29, 0.717) is 0 Å². The van der Waals surface area contributed by atoms with Crippen molar-refractivity contribution in [3.8, 4) is 0 Å². The molecule has 0 aromatic carbocycles. The van der Waals surface area contributed by atoms with Crippen molar-refractivity contribution in [2.75, 3.05) is 0 Å². The van der Waals surface area contributed by atoms with E-state index < -0.39 is 0 Å². The van der Waals surface area contributed by atoms with Crippen LogP contribution in [0, 0.1) is 0 Å². The van der Waals surface area contributed by atoms with Crippen molar-refractivity contribution in [3.05, 3.63) is 30.1 Å². The van der Waals surface area contributed by atoms with Gasteiger partial charge in [-0.2, -0.15) is 5.10 Å². The van der Waals surface area contributed by atoms with Gasteiger partial charge < -0.3 is 4.57 Å². The molecule has 17 heavy (non-hydrogen) atoms. The third-order valence-electron chi connectivity index (χ3n) is 3.43. The minimum absolute atomic E-state index is 0.157. The van der Waals surface area contributed by atoms with Gasteiger partial charge in [-0.25, -0.2) is 0 Å². The van der Waals surface area contributed by atoms with E-state index in [2.05, 4.69) is 26.8 Å². The monoisotopic (exact) mass is 231 g/mol. The van der Waals surface area contributed by atoms with Crippen molar-refractivity contribution in [2.45, 2.75) is 45.2 Å². The molecule has 1 aliphatic heterocycles. The Morgan fingerprint density at radius 2 is 2.18 bits per heavy atom. The first-order valence-corrected chi connectivity index (χ1v) is 6.27. The smallest absolute Gasteiger partial charge is 0.157 e. The Morgan fingerprint density at radius 1 is 1.24 bits per heavy atom. The molecule has 90 valence electrons. The molecule has 0 bridgehead atoms. The fourth-order valence-corrected chi connectivity index (χ4v) is 2.44. The van der Waals surface area contributed by atoms with Crippen LogP contribution in [0.4, 0.5) is 0 Å². The zero-order valence-electron chi connectivity index (χ0n) is 10.1. The van der Waals surface area contributed by atoms with E-state index in [9.17, 15) is 0 Å².